The van der Waals surface area contributed by atoms with Crippen molar-refractivity contribution in [3.8, 4) is 0 Å². The Bertz CT molecular complexity index is 1220. The molecule has 156 valence electrons. The number of hydrogen-bond donors (Lipinski definition) is 1. The van der Waals surface area contributed by atoms with Crippen molar-refractivity contribution in [3.63, 3.8) is 0 Å². The van der Waals surface area contributed by atoms with Gasteiger partial charge in [-0.05, 0) is 54.3 Å². The van der Waals surface area contributed by atoms with Gasteiger partial charge in [-0.1, -0.05) is 6.07 Å². The third-order valence-corrected chi connectivity index (χ3v) is 8.08. The van der Waals surface area contributed by atoms with Crippen LogP contribution in [0.3, 0.4) is 0 Å². The predicted molar refractivity (Wildman–Crippen MR) is 112 cm³/mol. The summed E-state index contributed by atoms with van der Waals surface area (Å²) < 4.78 is 41.1. The van der Waals surface area contributed by atoms with Crippen molar-refractivity contribution in [1.82, 2.24) is 18.4 Å². The number of rotatable bonds is 4. The quantitative estimate of drug-likeness (QED) is 0.662. The van der Waals surface area contributed by atoms with Crippen LogP contribution in [0.5, 0.6) is 0 Å². The molecule has 8 nitrogen and oxygen atoms in total. The Morgan fingerprint density at radius 1 is 1.10 bits per heavy atom. The van der Waals surface area contributed by atoms with E-state index in [1.807, 2.05) is 6.07 Å². The standard InChI is InChI=1S/C20H20N4O4S2/c25-20(14-3-6-18-19(11-14)23-29-22-18)21-17-5-2-13-1-4-15(12-16(13)17)30(26,27)24-7-9-28-10-8-24/h1,3-4,6,11-12,17H,2,5,7-10H2,(H,21,25)/t17-/m1/s1. The Hall–Kier alpha value is -2.40. The van der Waals surface area contributed by atoms with Gasteiger partial charge in [0.1, 0.15) is 11.0 Å². The molecule has 2 aliphatic rings. The largest absolute Gasteiger partial charge is 0.379 e. The van der Waals surface area contributed by atoms with Gasteiger partial charge in [0.25, 0.3) is 5.91 Å². The molecule has 0 spiro atoms. The summed E-state index contributed by atoms with van der Waals surface area (Å²) in [4.78, 5) is 13.1. The van der Waals surface area contributed by atoms with Crippen molar-refractivity contribution in [2.24, 2.45) is 0 Å². The van der Waals surface area contributed by atoms with E-state index in [-0.39, 0.29) is 16.8 Å². The first kappa shape index (κ1) is 19.6. The SMILES string of the molecule is O=C(N[C@@H]1CCc2ccc(S(=O)(=O)N3CCOCC3)cc21)c1ccc2nsnc2c1. The molecule has 5 rings (SSSR count). The molecule has 10 heteroatoms. The third kappa shape index (κ3) is 3.49. The molecule has 0 unspecified atom stereocenters. The van der Waals surface area contributed by atoms with Crippen LogP contribution in [0.2, 0.25) is 0 Å². The number of aryl methyl sites for hydroxylation is 1. The zero-order valence-electron chi connectivity index (χ0n) is 16.1. The molecule has 1 aliphatic carbocycles. The molecule has 0 bridgehead atoms. The van der Waals surface area contributed by atoms with E-state index in [1.165, 1.54) is 4.31 Å². The minimum Gasteiger partial charge on any atom is -0.379 e. The minimum absolute atomic E-state index is 0.204. The molecule has 2 heterocycles. The maximum atomic E-state index is 13.0. The highest BCUT2D eigenvalue weighted by Gasteiger charge is 2.30. The van der Waals surface area contributed by atoms with E-state index in [2.05, 4.69) is 14.1 Å². The fourth-order valence-corrected chi connectivity index (χ4v) is 5.95. The van der Waals surface area contributed by atoms with Gasteiger partial charge in [-0.15, -0.1) is 0 Å². The average molecular weight is 445 g/mol. The van der Waals surface area contributed by atoms with E-state index in [0.29, 0.717) is 37.4 Å². The second-order valence-corrected chi connectivity index (χ2v) is 9.88. The molecule has 3 aromatic rings. The lowest BCUT2D eigenvalue weighted by Gasteiger charge is -2.26. The van der Waals surface area contributed by atoms with Gasteiger partial charge >= 0.3 is 0 Å². The number of carbonyl (C=O) groups excluding carboxylic acids is 1. The Kier molecular flexibility index (Phi) is 5.02. The number of ether oxygens (including phenoxy) is 1. The molecule has 1 amide bonds. The van der Waals surface area contributed by atoms with Crippen molar-refractivity contribution in [3.05, 3.63) is 53.1 Å². The van der Waals surface area contributed by atoms with Gasteiger partial charge in [0.2, 0.25) is 10.0 Å². The van der Waals surface area contributed by atoms with Crippen LogP contribution in [-0.2, 0) is 21.2 Å². The Morgan fingerprint density at radius 2 is 1.90 bits per heavy atom. The van der Waals surface area contributed by atoms with Gasteiger partial charge in [-0.2, -0.15) is 13.1 Å². The van der Waals surface area contributed by atoms with Crippen molar-refractivity contribution < 1.29 is 17.9 Å². The number of carbonyl (C=O) groups is 1. The monoisotopic (exact) mass is 444 g/mol. The van der Waals surface area contributed by atoms with E-state index in [0.717, 1.165) is 41.2 Å². The molecule has 0 saturated carbocycles. The van der Waals surface area contributed by atoms with Gasteiger partial charge in [0, 0.05) is 18.7 Å². The number of sulfonamides is 1. The lowest BCUT2D eigenvalue weighted by atomic mass is 10.1. The molecule has 1 atom stereocenters. The number of hydrogen-bond acceptors (Lipinski definition) is 7. The van der Waals surface area contributed by atoms with Crippen molar-refractivity contribution >= 4 is 38.7 Å². The molecule has 2 aromatic carbocycles. The number of morpholine rings is 1. The van der Waals surface area contributed by atoms with E-state index in [9.17, 15) is 13.2 Å². The van der Waals surface area contributed by atoms with Crippen LogP contribution >= 0.6 is 11.7 Å². The van der Waals surface area contributed by atoms with Crippen LogP contribution in [0.1, 0.15) is 33.9 Å². The molecule has 1 saturated heterocycles. The van der Waals surface area contributed by atoms with E-state index in [4.69, 9.17) is 4.74 Å². The Morgan fingerprint density at radius 3 is 2.73 bits per heavy atom. The van der Waals surface area contributed by atoms with Gasteiger partial charge in [-0.3, -0.25) is 4.79 Å². The second kappa shape index (κ2) is 7.69. The van der Waals surface area contributed by atoms with Crippen molar-refractivity contribution in [2.45, 2.75) is 23.8 Å². The summed E-state index contributed by atoms with van der Waals surface area (Å²) in [6, 6.07) is 10.3. The second-order valence-electron chi connectivity index (χ2n) is 7.41. The zero-order valence-corrected chi connectivity index (χ0v) is 17.7. The normalized spacial score (nSPS) is 19.7. The smallest absolute Gasteiger partial charge is 0.251 e. The van der Waals surface area contributed by atoms with E-state index in [1.54, 1.807) is 30.3 Å². The number of aromatic nitrogens is 2. The highest BCUT2D eigenvalue weighted by Crippen LogP contribution is 2.34. The third-order valence-electron chi connectivity index (χ3n) is 5.62. The molecule has 1 aliphatic heterocycles. The van der Waals surface area contributed by atoms with Gasteiger partial charge in [-0.25, -0.2) is 8.42 Å². The summed E-state index contributed by atoms with van der Waals surface area (Å²) in [6.07, 6.45) is 1.54. The Balaban J connectivity index is 1.39. The summed E-state index contributed by atoms with van der Waals surface area (Å²) >= 11 is 1.11. The highest BCUT2D eigenvalue weighted by atomic mass is 32.2. The first-order valence-corrected chi connectivity index (χ1v) is 11.9. The summed E-state index contributed by atoms with van der Waals surface area (Å²) in [6.45, 7) is 1.52. The molecular weight excluding hydrogens is 424 g/mol. The number of fused-ring (bicyclic) bond motifs is 2. The van der Waals surface area contributed by atoms with Gasteiger partial charge in [0.05, 0.1) is 35.9 Å². The first-order valence-electron chi connectivity index (χ1n) is 9.76. The van der Waals surface area contributed by atoms with Crippen LogP contribution in [0.15, 0.2) is 41.3 Å². The molecule has 0 radical (unpaired) electrons. The Labute approximate surface area is 178 Å². The predicted octanol–water partition coefficient (Wildman–Crippen LogP) is 2.13. The maximum absolute atomic E-state index is 13.0. The number of benzene rings is 2. The first-order chi connectivity index (χ1) is 14.5. The van der Waals surface area contributed by atoms with Crippen molar-refractivity contribution in [1.29, 1.82) is 0 Å². The summed E-state index contributed by atoms with van der Waals surface area (Å²) in [5.41, 5.74) is 3.91. The summed E-state index contributed by atoms with van der Waals surface area (Å²) in [5, 5.41) is 3.05. The van der Waals surface area contributed by atoms with E-state index < -0.39 is 10.0 Å². The molecule has 1 fully saturated rings. The number of nitrogens with zero attached hydrogens (tertiary/aromatic N) is 3. The fraction of sp³-hybridized carbons (Fsp3) is 0.350. The van der Waals surface area contributed by atoms with Gasteiger partial charge < -0.3 is 10.1 Å². The van der Waals surface area contributed by atoms with Crippen LogP contribution in [0.25, 0.3) is 11.0 Å². The number of nitrogens with one attached hydrogen (secondary N) is 1. The van der Waals surface area contributed by atoms with Crippen LogP contribution in [-0.4, -0.2) is 53.7 Å². The van der Waals surface area contributed by atoms with Crippen molar-refractivity contribution in [2.75, 3.05) is 26.3 Å². The van der Waals surface area contributed by atoms with Crippen LogP contribution in [0.4, 0.5) is 0 Å². The summed E-state index contributed by atoms with van der Waals surface area (Å²) in [7, 11) is -3.58. The molecule has 1 N–H and O–H groups in total. The fourth-order valence-electron chi connectivity index (χ4n) is 3.99. The van der Waals surface area contributed by atoms with Gasteiger partial charge in [0.15, 0.2) is 0 Å². The molecular formula is C20H20N4O4S2. The lowest BCUT2D eigenvalue weighted by molar-refractivity contribution is 0.0730. The molecule has 1 aromatic heterocycles. The lowest BCUT2D eigenvalue weighted by Crippen LogP contribution is -2.40. The summed E-state index contributed by atoms with van der Waals surface area (Å²) in [5.74, 6) is -0.204. The van der Waals surface area contributed by atoms with E-state index >= 15 is 0 Å². The van der Waals surface area contributed by atoms with Crippen LogP contribution in [0, 0.1) is 0 Å². The highest BCUT2D eigenvalue weighted by molar-refractivity contribution is 7.89. The molecule has 30 heavy (non-hydrogen) atoms. The topological polar surface area (TPSA) is 101 Å². The minimum atomic E-state index is -3.58. The number of amides is 1. The maximum Gasteiger partial charge on any atom is 0.251 e. The zero-order chi connectivity index (χ0) is 20.7. The average Bonchev–Trinajstić information content (AvgIpc) is 3.40. The van der Waals surface area contributed by atoms with Crippen LogP contribution < -0.4 is 5.32 Å².